The molecular weight excluding hydrogens is 331 g/mol. The van der Waals surface area contributed by atoms with E-state index in [9.17, 15) is 18.0 Å². The molecule has 0 atom stereocenters. The number of alkyl halides is 3. The standard InChI is InChI=1S/C18H18F3N3O/c19-18(20,21)15-7-4-10-22-16(15)24-11-8-13(9-12-24)17(25)23-14-5-2-1-3-6-14/h1-7,10,13H,8-9,11-12H2,(H,23,25). The van der Waals surface area contributed by atoms with E-state index >= 15 is 0 Å². The van der Waals surface area contributed by atoms with Crippen molar-refractivity contribution in [2.75, 3.05) is 23.3 Å². The fourth-order valence-electron chi connectivity index (χ4n) is 2.99. The Labute approximate surface area is 143 Å². The third-order valence-corrected chi connectivity index (χ3v) is 4.30. The molecule has 25 heavy (non-hydrogen) atoms. The summed E-state index contributed by atoms with van der Waals surface area (Å²) in [4.78, 5) is 17.8. The van der Waals surface area contributed by atoms with Gasteiger partial charge in [0.1, 0.15) is 5.82 Å². The van der Waals surface area contributed by atoms with Crippen LogP contribution in [-0.4, -0.2) is 24.0 Å². The van der Waals surface area contributed by atoms with Crippen LogP contribution in [0.3, 0.4) is 0 Å². The summed E-state index contributed by atoms with van der Waals surface area (Å²) in [6.07, 6.45) is -2.09. The Morgan fingerprint density at radius 3 is 2.40 bits per heavy atom. The van der Waals surface area contributed by atoms with Gasteiger partial charge in [-0.15, -0.1) is 0 Å². The lowest BCUT2D eigenvalue weighted by Crippen LogP contribution is -2.39. The summed E-state index contributed by atoms with van der Waals surface area (Å²) in [6.45, 7) is 0.736. The van der Waals surface area contributed by atoms with Crippen LogP contribution in [0.15, 0.2) is 48.7 Å². The molecule has 1 aliphatic rings. The molecule has 1 aromatic heterocycles. The molecule has 0 saturated carbocycles. The lowest BCUT2D eigenvalue weighted by Gasteiger charge is -2.33. The monoisotopic (exact) mass is 349 g/mol. The number of nitrogens with zero attached hydrogens (tertiary/aromatic N) is 2. The van der Waals surface area contributed by atoms with Gasteiger partial charge in [0, 0.05) is 30.9 Å². The van der Waals surface area contributed by atoms with Gasteiger partial charge in [0.15, 0.2) is 0 Å². The highest BCUT2D eigenvalue weighted by Crippen LogP contribution is 2.36. The van der Waals surface area contributed by atoms with Crippen molar-refractivity contribution in [2.45, 2.75) is 19.0 Å². The van der Waals surface area contributed by atoms with Crippen molar-refractivity contribution in [3.05, 3.63) is 54.2 Å². The number of hydrogen-bond acceptors (Lipinski definition) is 3. The van der Waals surface area contributed by atoms with Crippen LogP contribution < -0.4 is 10.2 Å². The van der Waals surface area contributed by atoms with Crippen molar-refractivity contribution in [1.82, 2.24) is 4.98 Å². The number of anilines is 2. The van der Waals surface area contributed by atoms with E-state index < -0.39 is 11.7 Å². The molecule has 1 fully saturated rings. The van der Waals surface area contributed by atoms with Crippen molar-refractivity contribution in [3.63, 3.8) is 0 Å². The third kappa shape index (κ3) is 4.10. The Morgan fingerprint density at radius 1 is 1.08 bits per heavy atom. The zero-order valence-corrected chi connectivity index (χ0v) is 13.5. The lowest BCUT2D eigenvalue weighted by atomic mass is 9.95. The molecule has 1 saturated heterocycles. The van der Waals surface area contributed by atoms with Crippen molar-refractivity contribution in [2.24, 2.45) is 5.92 Å². The van der Waals surface area contributed by atoms with Crippen LogP contribution in [0.5, 0.6) is 0 Å². The minimum atomic E-state index is -4.44. The van der Waals surface area contributed by atoms with Gasteiger partial charge >= 0.3 is 6.18 Å². The highest BCUT2D eigenvalue weighted by atomic mass is 19.4. The number of para-hydroxylation sites is 1. The van der Waals surface area contributed by atoms with E-state index in [4.69, 9.17) is 0 Å². The molecule has 3 rings (SSSR count). The van der Waals surface area contributed by atoms with Gasteiger partial charge in [-0.1, -0.05) is 18.2 Å². The predicted molar refractivity (Wildman–Crippen MR) is 89.2 cm³/mol. The summed E-state index contributed by atoms with van der Waals surface area (Å²) in [5.41, 5.74) is -0.0128. The van der Waals surface area contributed by atoms with E-state index in [-0.39, 0.29) is 17.6 Å². The molecule has 0 spiro atoms. The number of amides is 1. The first-order chi connectivity index (χ1) is 11.9. The summed E-state index contributed by atoms with van der Waals surface area (Å²) in [5, 5.41) is 2.85. The maximum Gasteiger partial charge on any atom is 0.419 e. The fourth-order valence-corrected chi connectivity index (χ4v) is 2.99. The number of carbonyl (C=O) groups is 1. The van der Waals surface area contributed by atoms with Crippen LogP contribution in [-0.2, 0) is 11.0 Å². The van der Waals surface area contributed by atoms with Gasteiger partial charge in [-0.3, -0.25) is 4.79 Å². The number of halogens is 3. The van der Waals surface area contributed by atoms with E-state index in [0.717, 1.165) is 11.8 Å². The second-order valence-electron chi connectivity index (χ2n) is 5.99. The molecule has 2 heterocycles. The molecule has 1 N–H and O–H groups in total. The van der Waals surface area contributed by atoms with Crippen molar-refractivity contribution in [1.29, 1.82) is 0 Å². The zero-order valence-electron chi connectivity index (χ0n) is 13.5. The Bertz CT molecular complexity index is 726. The second kappa shape index (κ2) is 7.13. The van der Waals surface area contributed by atoms with Crippen LogP contribution in [0.4, 0.5) is 24.7 Å². The van der Waals surface area contributed by atoms with Gasteiger partial charge < -0.3 is 10.2 Å². The second-order valence-corrected chi connectivity index (χ2v) is 5.99. The molecule has 4 nitrogen and oxygen atoms in total. The molecule has 2 aromatic rings. The highest BCUT2D eigenvalue weighted by Gasteiger charge is 2.36. The van der Waals surface area contributed by atoms with E-state index in [1.54, 1.807) is 17.0 Å². The minimum absolute atomic E-state index is 0.0584. The molecule has 0 bridgehead atoms. The first kappa shape index (κ1) is 17.3. The minimum Gasteiger partial charge on any atom is -0.356 e. The quantitative estimate of drug-likeness (QED) is 0.912. The van der Waals surface area contributed by atoms with Crippen LogP contribution in [0.1, 0.15) is 18.4 Å². The number of benzene rings is 1. The smallest absolute Gasteiger partial charge is 0.356 e. The number of nitrogens with one attached hydrogen (secondary N) is 1. The molecule has 0 radical (unpaired) electrons. The molecular formula is C18H18F3N3O. The summed E-state index contributed by atoms with van der Waals surface area (Å²) in [7, 11) is 0. The maximum atomic E-state index is 13.1. The summed E-state index contributed by atoms with van der Waals surface area (Å²) < 4.78 is 39.4. The van der Waals surface area contributed by atoms with E-state index in [2.05, 4.69) is 10.3 Å². The van der Waals surface area contributed by atoms with Crippen molar-refractivity contribution in [3.8, 4) is 0 Å². The number of pyridine rings is 1. The molecule has 132 valence electrons. The van der Waals surface area contributed by atoms with E-state index in [0.29, 0.717) is 25.9 Å². The molecule has 1 amide bonds. The first-order valence-electron chi connectivity index (χ1n) is 8.08. The largest absolute Gasteiger partial charge is 0.419 e. The first-order valence-corrected chi connectivity index (χ1v) is 8.08. The van der Waals surface area contributed by atoms with Crippen LogP contribution >= 0.6 is 0 Å². The molecule has 0 aliphatic carbocycles. The Hall–Kier alpha value is -2.57. The van der Waals surface area contributed by atoms with Crippen LogP contribution in [0.2, 0.25) is 0 Å². The lowest BCUT2D eigenvalue weighted by molar-refractivity contribution is -0.137. The predicted octanol–water partition coefficient (Wildman–Crippen LogP) is 3.96. The SMILES string of the molecule is O=C(Nc1ccccc1)C1CCN(c2ncccc2C(F)(F)F)CC1. The van der Waals surface area contributed by atoms with Crippen molar-refractivity contribution >= 4 is 17.4 Å². The summed E-state index contributed by atoms with van der Waals surface area (Å²) in [6, 6.07) is 11.4. The van der Waals surface area contributed by atoms with Crippen LogP contribution in [0.25, 0.3) is 0 Å². The average Bonchev–Trinajstić information content (AvgIpc) is 2.62. The molecule has 1 aromatic carbocycles. The van der Waals surface area contributed by atoms with Crippen LogP contribution in [0, 0.1) is 5.92 Å². The summed E-state index contributed by atoms with van der Waals surface area (Å²) >= 11 is 0. The number of rotatable bonds is 3. The van der Waals surface area contributed by atoms with E-state index in [1.807, 2.05) is 18.2 Å². The number of carbonyl (C=O) groups excluding carboxylic acids is 1. The number of aromatic nitrogens is 1. The molecule has 7 heteroatoms. The normalized spacial score (nSPS) is 15.9. The Balaban J connectivity index is 1.64. The highest BCUT2D eigenvalue weighted by molar-refractivity contribution is 5.92. The number of piperidine rings is 1. The zero-order chi connectivity index (χ0) is 17.9. The summed E-state index contributed by atoms with van der Waals surface area (Å²) in [5.74, 6) is -0.366. The van der Waals surface area contributed by atoms with Gasteiger partial charge in [-0.2, -0.15) is 13.2 Å². The van der Waals surface area contributed by atoms with Gasteiger partial charge in [-0.05, 0) is 37.1 Å². The van der Waals surface area contributed by atoms with Crippen molar-refractivity contribution < 1.29 is 18.0 Å². The topological polar surface area (TPSA) is 45.2 Å². The molecule has 1 aliphatic heterocycles. The van der Waals surface area contributed by atoms with Gasteiger partial charge in [0.25, 0.3) is 0 Å². The fraction of sp³-hybridized carbons (Fsp3) is 0.333. The van der Waals surface area contributed by atoms with E-state index in [1.165, 1.54) is 12.3 Å². The van der Waals surface area contributed by atoms with Gasteiger partial charge in [-0.25, -0.2) is 4.98 Å². The average molecular weight is 349 g/mol. The molecule has 0 unspecified atom stereocenters. The Morgan fingerprint density at radius 2 is 1.76 bits per heavy atom. The third-order valence-electron chi connectivity index (χ3n) is 4.30. The Kier molecular flexibility index (Phi) is 4.92. The van der Waals surface area contributed by atoms with Gasteiger partial charge in [0.2, 0.25) is 5.91 Å². The van der Waals surface area contributed by atoms with Gasteiger partial charge in [0.05, 0.1) is 5.56 Å². The maximum absolute atomic E-state index is 13.1. The number of hydrogen-bond donors (Lipinski definition) is 1.